The Bertz CT molecular complexity index is 945. The monoisotopic (exact) mass is 417 g/mol. The van der Waals surface area contributed by atoms with Gasteiger partial charge in [0, 0.05) is 28.5 Å². The molecule has 2 heterocycles. The average molecular weight is 418 g/mol. The summed E-state index contributed by atoms with van der Waals surface area (Å²) in [5, 5.41) is 3.60. The van der Waals surface area contributed by atoms with Crippen molar-refractivity contribution in [3.8, 4) is 0 Å². The van der Waals surface area contributed by atoms with Gasteiger partial charge in [-0.1, -0.05) is 48.5 Å². The van der Waals surface area contributed by atoms with E-state index in [-0.39, 0.29) is 18.1 Å². The maximum atomic E-state index is 12.7. The molecule has 1 aliphatic carbocycles. The minimum Gasteiger partial charge on any atom is -0.351 e. The second-order valence-electron chi connectivity index (χ2n) is 7.30. The lowest BCUT2D eigenvalue weighted by molar-refractivity contribution is -0.123. The molecule has 146 valence electrons. The smallest absolute Gasteiger partial charge is 0.329 e. The van der Waals surface area contributed by atoms with Crippen molar-refractivity contribution in [2.75, 3.05) is 0 Å². The van der Waals surface area contributed by atoms with E-state index >= 15 is 0 Å². The lowest BCUT2D eigenvalue weighted by Gasteiger charge is -2.23. The number of urea groups is 1. The van der Waals surface area contributed by atoms with Gasteiger partial charge in [-0.05, 0) is 48.2 Å². The number of carbonyl (C=O) groups excluding carboxylic acids is 2. The molecule has 5 nitrogen and oxygen atoms in total. The number of hydrogen-bond donors (Lipinski definition) is 1. The highest BCUT2D eigenvalue weighted by molar-refractivity contribution is 6.35. The molecule has 1 saturated carbocycles. The first-order chi connectivity index (χ1) is 13.5. The van der Waals surface area contributed by atoms with E-state index in [2.05, 4.69) is 16.1 Å². The Kier molecular flexibility index (Phi) is 5.47. The van der Waals surface area contributed by atoms with Gasteiger partial charge in [0.1, 0.15) is 5.70 Å². The fourth-order valence-electron chi connectivity index (χ4n) is 3.82. The normalized spacial score (nSPS) is 19.5. The number of aromatic nitrogens is 1. The van der Waals surface area contributed by atoms with Crippen molar-refractivity contribution in [3.05, 3.63) is 63.5 Å². The Balaban J connectivity index is 1.49. The highest BCUT2D eigenvalue weighted by Gasteiger charge is 2.34. The molecule has 28 heavy (non-hydrogen) atoms. The highest BCUT2D eigenvalue weighted by Crippen LogP contribution is 2.29. The summed E-state index contributed by atoms with van der Waals surface area (Å²) in [6.45, 7) is 0.0983. The van der Waals surface area contributed by atoms with Crippen LogP contribution in [0.1, 0.15) is 49.3 Å². The molecule has 1 N–H and O–H groups in total. The van der Waals surface area contributed by atoms with Crippen molar-refractivity contribution < 1.29 is 9.59 Å². The van der Waals surface area contributed by atoms with Crippen LogP contribution in [0.3, 0.4) is 0 Å². The van der Waals surface area contributed by atoms with Gasteiger partial charge in [0.25, 0.3) is 5.91 Å². The minimum absolute atomic E-state index is 0.0983. The Labute approximate surface area is 173 Å². The predicted molar refractivity (Wildman–Crippen MR) is 110 cm³/mol. The van der Waals surface area contributed by atoms with Crippen LogP contribution in [0.25, 0.3) is 6.08 Å². The number of halogens is 2. The fraction of sp³-hybridized carbons (Fsp3) is 0.333. The average Bonchev–Trinajstić information content (AvgIpc) is 3.25. The molecule has 0 unspecified atom stereocenters. The van der Waals surface area contributed by atoms with Crippen LogP contribution in [0.2, 0.25) is 10.0 Å². The van der Waals surface area contributed by atoms with Crippen molar-refractivity contribution in [2.45, 2.75) is 44.7 Å². The van der Waals surface area contributed by atoms with E-state index in [9.17, 15) is 9.59 Å². The molecule has 2 aliphatic rings. The third-order valence-electron chi connectivity index (χ3n) is 5.35. The van der Waals surface area contributed by atoms with Crippen molar-refractivity contribution in [2.24, 2.45) is 0 Å². The molecule has 1 aromatic carbocycles. The minimum atomic E-state index is -0.450. The summed E-state index contributed by atoms with van der Waals surface area (Å²) in [5.74, 6) is -0.360. The third kappa shape index (κ3) is 3.96. The predicted octanol–water partition coefficient (Wildman–Crippen LogP) is 5.39. The molecule has 4 rings (SSSR count). The van der Waals surface area contributed by atoms with Gasteiger partial charge in [0.15, 0.2) is 0 Å². The summed E-state index contributed by atoms with van der Waals surface area (Å²) in [5.41, 5.74) is 1.84. The van der Waals surface area contributed by atoms with Crippen molar-refractivity contribution >= 4 is 41.2 Å². The van der Waals surface area contributed by atoms with Crippen molar-refractivity contribution in [1.82, 2.24) is 14.8 Å². The van der Waals surface area contributed by atoms with Gasteiger partial charge in [-0.25, -0.2) is 4.79 Å². The number of carbonyl (C=O) groups is 2. The molecule has 7 heteroatoms. The number of imide groups is 1. The first-order valence-corrected chi connectivity index (χ1v) is 10.2. The standard InChI is InChI=1S/C21H21Cl2N3O2/c22-16-7-6-15(18(23)11-16)13-26-20(27)19(24-21(26)28)10-14-8-9-25(12-14)17-4-2-1-3-5-17/h6-12,17H,1-5,13H2,(H,24,28)/b19-10+. The SMILES string of the molecule is O=C1N/C(=C/c2ccn(C3CCCCC3)c2)C(=O)N1Cc1ccc(Cl)cc1Cl. The van der Waals surface area contributed by atoms with Gasteiger partial charge >= 0.3 is 6.03 Å². The van der Waals surface area contributed by atoms with E-state index in [0.717, 1.165) is 10.5 Å². The third-order valence-corrected chi connectivity index (χ3v) is 5.94. The zero-order valence-electron chi connectivity index (χ0n) is 15.3. The number of benzene rings is 1. The van der Waals surface area contributed by atoms with E-state index in [1.54, 1.807) is 24.3 Å². The van der Waals surface area contributed by atoms with Crippen molar-refractivity contribution in [1.29, 1.82) is 0 Å². The molecule has 2 fully saturated rings. The van der Waals surface area contributed by atoms with Gasteiger partial charge in [-0.3, -0.25) is 9.69 Å². The van der Waals surface area contributed by atoms with Gasteiger partial charge in [-0.15, -0.1) is 0 Å². The van der Waals surface area contributed by atoms with E-state index in [1.807, 2.05) is 12.3 Å². The first-order valence-electron chi connectivity index (χ1n) is 9.47. The highest BCUT2D eigenvalue weighted by atomic mass is 35.5. The molecule has 3 amide bonds. The lowest BCUT2D eigenvalue weighted by atomic mass is 9.95. The summed E-state index contributed by atoms with van der Waals surface area (Å²) < 4.78 is 2.22. The van der Waals surface area contributed by atoms with Crippen LogP contribution in [-0.4, -0.2) is 21.4 Å². The van der Waals surface area contributed by atoms with Gasteiger partial charge in [0.2, 0.25) is 0 Å². The van der Waals surface area contributed by atoms with Crippen LogP contribution < -0.4 is 5.32 Å². The molecule has 0 atom stereocenters. The zero-order chi connectivity index (χ0) is 19.7. The molecule has 0 bridgehead atoms. The topological polar surface area (TPSA) is 54.3 Å². The summed E-state index contributed by atoms with van der Waals surface area (Å²) in [6, 6.07) is 7.05. The molecule has 0 radical (unpaired) electrons. The molecule has 1 aromatic heterocycles. The summed E-state index contributed by atoms with van der Waals surface area (Å²) >= 11 is 12.1. The van der Waals surface area contributed by atoms with Crippen LogP contribution >= 0.6 is 23.2 Å². The Hall–Kier alpha value is -2.24. The van der Waals surface area contributed by atoms with E-state index < -0.39 is 6.03 Å². The van der Waals surface area contributed by atoms with Gasteiger partial charge in [0.05, 0.1) is 6.54 Å². The van der Waals surface area contributed by atoms with Crippen LogP contribution in [0.5, 0.6) is 0 Å². The lowest BCUT2D eigenvalue weighted by Crippen LogP contribution is -2.30. The zero-order valence-corrected chi connectivity index (χ0v) is 16.8. The maximum Gasteiger partial charge on any atom is 0.329 e. The number of rotatable bonds is 4. The molecule has 1 saturated heterocycles. The molecular weight excluding hydrogens is 397 g/mol. The number of nitrogens with zero attached hydrogens (tertiary/aromatic N) is 2. The van der Waals surface area contributed by atoms with E-state index in [4.69, 9.17) is 23.2 Å². The molecule has 2 aromatic rings. The quantitative estimate of drug-likeness (QED) is 0.535. The summed E-state index contributed by atoms with van der Waals surface area (Å²) in [6.07, 6.45) is 12.0. The number of hydrogen-bond acceptors (Lipinski definition) is 2. The van der Waals surface area contributed by atoms with E-state index in [0.29, 0.717) is 21.7 Å². The Morgan fingerprint density at radius 1 is 1.11 bits per heavy atom. The van der Waals surface area contributed by atoms with Gasteiger partial charge in [-0.2, -0.15) is 0 Å². The molecular formula is C21H21Cl2N3O2. The van der Waals surface area contributed by atoms with Crippen LogP contribution in [0, 0.1) is 0 Å². The molecule has 1 aliphatic heterocycles. The second-order valence-corrected chi connectivity index (χ2v) is 8.14. The second kappa shape index (κ2) is 8.02. The summed E-state index contributed by atoms with van der Waals surface area (Å²) in [7, 11) is 0. The first kappa shape index (κ1) is 19.1. The van der Waals surface area contributed by atoms with Crippen LogP contribution in [-0.2, 0) is 11.3 Å². The molecule has 0 spiro atoms. The fourth-order valence-corrected chi connectivity index (χ4v) is 4.29. The van der Waals surface area contributed by atoms with Crippen LogP contribution in [0.15, 0.2) is 42.4 Å². The van der Waals surface area contributed by atoms with Crippen molar-refractivity contribution in [3.63, 3.8) is 0 Å². The Morgan fingerprint density at radius 2 is 1.89 bits per heavy atom. The number of nitrogens with one attached hydrogen (secondary N) is 1. The summed E-state index contributed by atoms with van der Waals surface area (Å²) in [4.78, 5) is 26.2. The van der Waals surface area contributed by atoms with Gasteiger partial charge < -0.3 is 9.88 Å². The van der Waals surface area contributed by atoms with E-state index in [1.165, 1.54) is 32.1 Å². The number of amides is 3. The Morgan fingerprint density at radius 3 is 2.64 bits per heavy atom. The van der Waals surface area contributed by atoms with Crippen LogP contribution in [0.4, 0.5) is 4.79 Å². The maximum absolute atomic E-state index is 12.7. The largest absolute Gasteiger partial charge is 0.351 e.